The number of fused-ring (bicyclic) bond motifs is 4. The van der Waals surface area contributed by atoms with Crippen LogP contribution in [0.3, 0.4) is 0 Å². The highest BCUT2D eigenvalue weighted by molar-refractivity contribution is 7.82. The van der Waals surface area contributed by atoms with Crippen molar-refractivity contribution in [2.45, 2.75) is 12.8 Å². The number of pyridine rings is 1. The smallest absolute Gasteiger partial charge is 0.497 e. The number of benzene rings is 2. The molecule has 0 spiro atoms. The van der Waals surface area contributed by atoms with Crippen molar-refractivity contribution >= 4 is 33.0 Å². The molecule has 3 aromatic rings. The summed E-state index contributed by atoms with van der Waals surface area (Å²) in [5.41, 5.74) is 2.98. The third-order valence-electron chi connectivity index (χ3n) is 5.39. The Morgan fingerprint density at radius 1 is 1.00 bits per heavy atom. The Hall–Kier alpha value is -3.59. The van der Waals surface area contributed by atoms with Crippen molar-refractivity contribution in [1.82, 2.24) is 4.98 Å². The minimum Gasteiger partial charge on any atom is -0.497 e. The number of aliphatic imine (C=N–C) groups is 1. The summed E-state index contributed by atoms with van der Waals surface area (Å²) in [6.07, 6.45) is 3.63. The molecule has 2 aromatic carbocycles. The highest BCUT2D eigenvalue weighted by atomic mass is 32.3. The molecule has 3 heterocycles. The number of nitrogens with zero attached hydrogens (tertiary/aromatic N) is 2. The van der Waals surface area contributed by atoms with Crippen LogP contribution in [0.5, 0.6) is 23.3 Å². The van der Waals surface area contributed by atoms with Crippen molar-refractivity contribution in [3.8, 4) is 23.3 Å². The quantitative estimate of drug-likeness (QED) is 0.592. The maximum atomic E-state index is 12.2. The first-order chi connectivity index (χ1) is 15.5. The van der Waals surface area contributed by atoms with Gasteiger partial charge < -0.3 is 17.8 Å². The molecule has 32 heavy (non-hydrogen) atoms. The molecule has 2 aliphatic heterocycles. The maximum absolute atomic E-state index is 12.2. The highest BCUT2D eigenvalue weighted by Crippen LogP contribution is 2.40. The zero-order valence-corrected chi connectivity index (χ0v) is 18.3. The van der Waals surface area contributed by atoms with Crippen LogP contribution in [0.1, 0.15) is 24.0 Å². The molecule has 2 bridgehead atoms. The molecule has 1 aromatic heterocycles. The van der Waals surface area contributed by atoms with E-state index in [1.54, 1.807) is 26.4 Å². The van der Waals surface area contributed by atoms with Gasteiger partial charge in [-0.15, -0.1) is 8.42 Å². The fourth-order valence-electron chi connectivity index (χ4n) is 3.96. The van der Waals surface area contributed by atoms with Crippen molar-refractivity contribution in [1.29, 1.82) is 0 Å². The predicted octanol–water partition coefficient (Wildman–Crippen LogP) is 3.93. The Balaban J connectivity index is 1.71. The van der Waals surface area contributed by atoms with Crippen molar-refractivity contribution in [2.24, 2.45) is 4.99 Å². The van der Waals surface area contributed by atoms with Gasteiger partial charge in [0, 0.05) is 28.9 Å². The van der Waals surface area contributed by atoms with E-state index in [2.05, 4.69) is 4.98 Å². The summed E-state index contributed by atoms with van der Waals surface area (Å²) in [5, 5.41) is 1.34. The number of hydrogen-bond donors (Lipinski definition) is 0. The van der Waals surface area contributed by atoms with Crippen LogP contribution in [0.25, 0.3) is 16.8 Å². The molecule has 5 rings (SSSR count). The number of ether oxygens (including phenoxy) is 2. The van der Waals surface area contributed by atoms with Gasteiger partial charge in [-0.05, 0) is 42.7 Å². The molecule has 164 valence electrons. The fraction of sp³-hybridized carbons (Fsp3) is 0.217. The molecular weight excluding hydrogens is 432 g/mol. The molecule has 9 heteroatoms. The van der Waals surface area contributed by atoms with Crippen molar-refractivity contribution in [2.75, 3.05) is 20.8 Å². The van der Waals surface area contributed by atoms with Gasteiger partial charge in [0.2, 0.25) is 11.8 Å². The van der Waals surface area contributed by atoms with Crippen molar-refractivity contribution in [3.05, 3.63) is 59.2 Å². The lowest BCUT2D eigenvalue weighted by atomic mass is 9.91. The van der Waals surface area contributed by atoms with E-state index in [0.717, 1.165) is 29.4 Å². The average Bonchev–Trinajstić information content (AvgIpc) is 2.79. The second kappa shape index (κ2) is 7.83. The summed E-state index contributed by atoms with van der Waals surface area (Å²) >= 11 is 0. The van der Waals surface area contributed by atoms with E-state index in [4.69, 9.17) is 22.8 Å². The number of methoxy groups -OCH3 is 2. The Bertz CT molecular complexity index is 1400. The topological polar surface area (TPSA) is 96.3 Å². The standard InChI is InChI=1S/C23H20N2O6S/c1-28-16-10-9-14(19(13-16)29-2)12-15-6-5-11-24-21(15)20-17-7-3-4-8-18(17)22-25-23(20)31-32(26,27)30-22/h3-4,7-10,12-13H,5-6,11H2,1-2H3/b15-12+. The van der Waals surface area contributed by atoms with E-state index in [0.29, 0.717) is 34.7 Å². The third kappa shape index (κ3) is 3.54. The van der Waals surface area contributed by atoms with E-state index >= 15 is 0 Å². The normalized spacial score (nSPS) is 17.9. The highest BCUT2D eigenvalue weighted by Gasteiger charge is 2.33. The summed E-state index contributed by atoms with van der Waals surface area (Å²) < 4.78 is 45.3. The van der Waals surface area contributed by atoms with E-state index < -0.39 is 10.4 Å². The van der Waals surface area contributed by atoms with Gasteiger partial charge in [-0.3, -0.25) is 4.99 Å². The zero-order valence-electron chi connectivity index (χ0n) is 17.5. The van der Waals surface area contributed by atoms with E-state index in [1.165, 1.54) is 0 Å². The summed E-state index contributed by atoms with van der Waals surface area (Å²) in [6, 6.07) is 12.9. The molecule has 0 amide bonds. The van der Waals surface area contributed by atoms with Crippen LogP contribution in [-0.4, -0.2) is 39.9 Å². The van der Waals surface area contributed by atoms with Gasteiger partial charge in [0.1, 0.15) is 11.5 Å². The molecule has 0 radical (unpaired) electrons. The number of hydrogen-bond acceptors (Lipinski definition) is 8. The van der Waals surface area contributed by atoms with Crippen LogP contribution in [0.2, 0.25) is 0 Å². The van der Waals surface area contributed by atoms with Crippen molar-refractivity contribution in [3.63, 3.8) is 0 Å². The molecule has 2 aliphatic rings. The van der Waals surface area contributed by atoms with Gasteiger partial charge in [-0.2, -0.15) is 4.98 Å². The SMILES string of the molecule is COc1ccc(/C=C2\CCCN=C2c2c3nc(c4ccccc24)OS(=O)(=O)O3)c(OC)c1. The van der Waals surface area contributed by atoms with Crippen molar-refractivity contribution < 1.29 is 26.3 Å². The monoisotopic (exact) mass is 452 g/mol. The molecule has 0 saturated heterocycles. The first-order valence-corrected chi connectivity index (χ1v) is 11.4. The first-order valence-electron chi connectivity index (χ1n) is 10.0. The van der Waals surface area contributed by atoms with Gasteiger partial charge in [0.25, 0.3) is 0 Å². The van der Waals surface area contributed by atoms with Crippen LogP contribution in [0, 0.1) is 0 Å². The Morgan fingerprint density at radius 3 is 2.56 bits per heavy atom. The van der Waals surface area contributed by atoms with Gasteiger partial charge in [0.05, 0.1) is 25.5 Å². The lowest BCUT2D eigenvalue weighted by molar-refractivity contribution is 0.359. The second-order valence-electron chi connectivity index (χ2n) is 7.33. The van der Waals surface area contributed by atoms with Crippen LogP contribution in [0.4, 0.5) is 0 Å². The van der Waals surface area contributed by atoms with Gasteiger partial charge in [0.15, 0.2) is 0 Å². The maximum Gasteiger partial charge on any atom is 0.504 e. The average molecular weight is 452 g/mol. The number of rotatable bonds is 4. The minimum absolute atomic E-state index is 0.00404. The van der Waals surface area contributed by atoms with Crippen LogP contribution in [-0.2, 0) is 10.4 Å². The molecule has 0 atom stereocenters. The van der Waals surface area contributed by atoms with Crippen LogP contribution >= 0.6 is 0 Å². The molecule has 0 saturated carbocycles. The third-order valence-corrected chi connectivity index (χ3v) is 6.12. The van der Waals surface area contributed by atoms with E-state index in [1.807, 2.05) is 36.4 Å². The Kier molecular flexibility index (Phi) is 4.97. The second-order valence-corrected chi connectivity index (χ2v) is 8.48. The lowest BCUT2D eigenvalue weighted by Crippen LogP contribution is -2.25. The predicted molar refractivity (Wildman–Crippen MR) is 120 cm³/mol. The fourth-order valence-corrected chi connectivity index (χ4v) is 4.63. The van der Waals surface area contributed by atoms with Gasteiger partial charge in [-0.25, -0.2) is 0 Å². The first kappa shape index (κ1) is 20.3. The minimum atomic E-state index is -4.25. The Morgan fingerprint density at radius 2 is 1.78 bits per heavy atom. The molecule has 0 aliphatic carbocycles. The molecule has 0 unspecified atom stereocenters. The largest absolute Gasteiger partial charge is 0.504 e. The molecule has 0 N–H and O–H groups in total. The number of allylic oxidation sites excluding steroid dienone is 1. The van der Waals surface area contributed by atoms with Gasteiger partial charge >= 0.3 is 10.4 Å². The zero-order chi connectivity index (χ0) is 22.3. The van der Waals surface area contributed by atoms with Crippen LogP contribution in [0.15, 0.2) is 53.0 Å². The number of aromatic nitrogens is 1. The summed E-state index contributed by atoms with van der Waals surface area (Å²) in [7, 11) is -1.04. The Labute approximate surface area is 185 Å². The summed E-state index contributed by atoms with van der Waals surface area (Å²) in [4.78, 5) is 9.06. The molecule has 8 nitrogen and oxygen atoms in total. The lowest BCUT2D eigenvalue weighted by Gasteiger charge is -2.23. The molecule has 0 fully saturated rings. The summed E-state index contributed by atoms with van der Waals surface area (Å²) in [6.45, 7) is 0.616. The summed E-state index contributed by atoms with van der Waals surface area (Å²) in [5.74, 6) is 1.33. The van der Waals surface area contributed by atoms with Gasteiger partial charge in [-0.1, -0.05) is 18.2 Å². The van der Waals surface area contributed by atoms with E-state index in [-0.39, 0.29) is 11.8 Å². The molecular formula is C23H20N2O6S. The van der Waals surface area contributed by atoms with E-state index in [9.17, 15) is 8.42 Å². The van der Waals surface area contributed by atoms with Crippen LogP contribution < -0.4 is 17.8 Å².